The van der Waals surface area contributed by atoms with Crippen LogP contribution in [0.5, 0.6) is 0 Å². The molecule has 1 aliphatic rings. The predicted octanol–water partition coefficient (Wildman–Crippen LogP) is 3.35. The Labute approximate surface area is 133 Å². The third kappa shape index (κ3) is 6.06. The van der Waals surface area contributed by atoms with Crippen molar-refractivity contribution >= 4 is 6.09 Å². The van der Waals surface area contributed by atoms with Crippen molar-refractivity contribution in [2.45, 2.75) is 52.1 Å². The summed E-state index contributed by atoms with van der Waals surface area (Å²) in [5.41, 5.74) is 2.31. The van der Waals surface area contributed by atoms with Gasteiger partial charge in [-0.15, -0.1) is 0 Å². The minimum absolute atomic E-state index is 0.256. The van der Waals surface area contributed by atoms with Crippen molar-refractivity contribution in [1.29, 1.82) is 0 Å². The van der Waals surface area contributed by atoms with Crippen LogP contribution in [0.2, 0.25) is 0 Å². The highest BCUT2D eigenvalue weighted by Crippen LogP contribution is 2.13. The van der Waals surface area contributed by atoms with Crippen LogP contribution in [0.3, 0.4) is 0 Å². The number of rotatable bonds is 5. The first-order valence-electron chi connectivity index (χ1n) is 8.17. The van der Waals surface area contributed by atoms with Gasteiger partial charge in [-0.1, -0.05) is 24.3 Å². The summed E-state index contributed by atoms with van der Waals surface area (Å²) in [6.07, 6.45) is 3.05. The average molecular weight is 304 g/mol. The second-order valence-electron chi connectivity index (χ2n) is 7.06. The first-order chi connectivity index (χ1) is 10.4. The number of carbonyl (C=O) groups excluding carboxylic acids is 1. The summed E-state index contributed by atoms with van der Waals surface area (Å²) < 4.78 is 5.20. The fourth-order valence-electron chi connectivity index (χ4n) is 2.61. The molecule has 122 valence electrons. The number of likely N-dealkylation sites (tertiary alicyclic amines) is 1. The fourth-order valence-corrected chi connectivity index (χ4v) is 2.61. The van der Waals surface area contributed by atoms with Gasteiger partial charge in [-0.25, -0.2) is 4.79 Å². The van der Waals surface area contributed by atoms with Crippen LogP contribution in [0, 0.1) is 0 Å². The van der Waals surface area contributed by atoms with Crippen LogP contribution < -0.4 is 5.32 Å². The van der Waals surface area contributed by atoms with Crippen LogP contribution in [0.15, 0.2) is 24.3 Å². The zero-order valence-electron chi connectivity index (χ0n) is 14.0. The van der Waals surface area contributed by atoms with E-state index in [-0.39, 0.29) is 11.6 Å². The van der Waals surface area contributed by atoms with E-state index < -0.39 is 0 Å². The molecule has 1 fully saturated rings. The summed E-state index contributed by atoms with van der Waals surface area (Å²) >= 11 is 0. The summed E-state index contributed by atoms with van der Waals surface area (Å²) in [7, 11) is 0. The third-order valence-electron chi connectivity index (χ3n) is 3.73. The summed E-state index contributed by atoms with van der Waals surface area (Å²) in [5, 5.41) is 2.79. The maximum Gasteiger partial charge on any atom is 0.407 e. The number of carbonyl (C=O) groups is 1. The second kappa shape index (κ2) is 7.63. The Kier molecular flexibility index (Phi) is 5.83. The molecular formula is C18H28N2O2. The monoisotopic (exact) mass is 304 g/mol. The average Bonchev–Trinajstić information content (AvgIpc) is 2.91. The molecule has 1 amide bonds. The first-order valence-corrected chi connectivity index (χ1v) is 8.17. The van der Waals surface area contributed by atoms with E-state index in [9.17, 15) is 4.79 Å². The zero-order valence-corrected chi connectivity index (χ0v) is 14.0. The van der Waals surface area contributed by atoms with Crippen molar-refractivity contribution in [3.63, 3.8) is 0 Å². The number of alkyl carbamates (subject to hydrolysis) is 1. The lowest BCUT2D eigenvalue weighted by molar-refractivity contribution is 0.139. The molecule has 0 radical (unpaired) electrons. The molecule has 1 heterocycles. The Morgan fingerprint density at radius 2 is 1.73 bits per heavy atom. The minimum Gasteiger partial charge on any atom is -0.449 e. The van der Waals surface area contributed by atoms with Gasteiger partial charge in [0.15, 0.2) is 0 Å². The Balaban J connectivity index is 1.71. The van der Waals surface area contributed by atoms with Crippen LogP contribution in [0.1, 0.15) is 44.7 Å². The van der Waals surface area contributed by atoms with Gasteiger partial charge in [0.05, 0.1) is 6.61 Å². The molecule has 4 heteroatoms. The zero-order chi connectivity index (χ0) is 16.0. The van der Waals surface area contributed by atoms with E-state index >= 15 is 0 Å². The van der Waals surface area contributed by atoms with E-state index in [2.05, 4.69) is 34.5 Å². The first kappa shape index (κ1) is 16.8. The molecule has 0 atom stereocenters. The van der Waals surface area contributed by atoms with Crippen molar-refractivity contribution in [3.8, 4) is 0 Å². The molecule has 4 nitrogen and oxygen atoms in total. The van der Waals surface area contributed by atoms with Gasteiger partial charge in [0.1, 0.15) is 0 Å². The molecule has 1 aromatic rings. The molecule has 0 saturated carbocycles. The van der Waals surface area contributed by atoms with Gasteiger partial charge in [0.25, 0.3) is 0 Å². The molecule has 1 N–H and O–H groups in total. The van der Waals surface area contributed by atoms with Crippen LogP contribution in [-0.4, -0.2) is 36.2 Å². The summed E-state index contributed by atoms with van der Waals surface area (Å²) in [4.78, 5) is 14.1. The molecule has 0 aromatic heterocycles. The van der Waals surface area contributed by atoms with Gasteiger partial charge < -0.3 is 10.1 Å². The molecule has 1 aliphatic heterocycles. The lowest BCUT2D eigenvalue weighted by Gasteiger charge is -2.20. The van der Waals surface area contributed by atoms with E-state index in [1.165, 1.54) is 37.1 Å². The number of benzene rings is 1. The quantitative estimate of drug-likeness (QED) is 0.907. The lowest BCUT2D eigenvalue weighted by atomic mass is 10.1. The van der Waals surface area contributed by atoms with E-state index in [1.54, 1.807) is 0 Å². The number of nitrogens with one attached hydrogen (secondary N) is 1. The molecule has 0 unspecified atom stereocenters. The number of nitrogens with zero attached hydrogens (tertiary/aromatic N) is 1. The van der Waals surface area contributed by atoms with Gasteiger partial charge in [-0.05, 0) is 57.8 Å². The third-order valence-corrected chi connectivity index (χ3v) is 3.73. The van der Waals surface area contributed by atoms with Crippen molar-refractivity contribution in [2.75, 3.05) is 19.7 Å². The predicted molar refractivity (Wildman–Crippen MR) is 88.9 cm³/mol. The number of ether oxygens (including phenoxy) is 1. The molecule has 1 saturated heterocycles. The standard InChI is InChI=1S/C18H28N2O2/c1-18(2,3)19-17(21)22-13-10-15-6-8-16(9-7-15)14-20-11-4-5-12-20/h6-9H,4-5,10-14H2,1-3H3,(H,19,21). The topological polar surface area (TPSA) is 41.6 Å². The van der Waals surface area contributed by atoms with Gasteiger partial charge >= 0.3 is 6.09 Å². The largest absolute Gasteiger partial charge is 0.449 e. The highest BCUT2D eigenvalue weighted by Gasteiger charge is 2.14. The molecule has 0 spiro atoms. The Hall–Kier alpha value is -1.55. The highest BCUT2D eigenvalue weighted by atomic mass is 16.5. The Morgan fingerprint density at radius 1 is 1.14 bits per heavy atom. The minimum atomic E-state index is -0.349. The fraction of sp³-hybridized carbons (Fsp3) is 0.611. The van der Waals surface area contributed by atoms with Crippen molar-refractivity contribution in [1.82, 2.24) is 10.2 Å². The Bertz CT molecular complexity index is 471. The maximum atomic E-state index is 11.6. The maximum absolute atomic E-state index is 11.6. The number of hydrogen-bond acceptors (Lipinski definition) is 3. The molecular weight excluding hydrogens is 276 g/mol. The molecule has 0 bridgehead atoms. The van der Waals surface area contributed by atoms with E-state index in [0.29, 0.717) is 6.61 Å². The van der Waals surface area contributed by atoms with Crippen molar-refractivity contribution < 1.29 is 9.53 Å². The van der Waals surface area contributed by atoms with Gasteiger partial charge in [-0.2, -0.15) is 0 Å². The van der Waals surface area contributed by atoms with Gasteiger partial charge in [-0.3, -0.25) is 4.90 Å². The lowest BCUT2D eigenvalue weighted by Crippen LogP contribution is -2.41. The van der Waals surface area contributed by atoms with Gasteiger partial charge in [0, 0.05) is 18.5 Å². The van der Waals surface area contributed by atoms with E-state index in [1.807, 2.05) is 20.8 Å². The smallest absolute Gasteiger partial charge is 0.407 e. The molecule has 22 heavy (non-hydrogen) atoms. The molecule has 0 aliphatic carbocycles. The van der Waals surface area contributed by atoms with Crippen molar-refractivity contribution in [2.24, 2.45) is 0 Å². The highest BCUT2D eigenvalue weighted by molar-refractivity contribution is 5.68. The van der Waals surface area contributed by atoms with Crippen LogP contribution >= 0.6 is 0 Å². The van der Waals surface area contributed by atoms with E-state index in [0.717, 1.165) is 13.0 Å². The van der Waals surface area contributed by atoms with Crippen molar-refractivity contribution in [3.05, 3.63) is 35.4 Å². The molecule has 1 aromatic carbocycles. The van der Waals surface area contributed by atoms with Crippen LogP contribution in [-0.2, 0) is 17.7 Å². The summed E-state index contributed by atoms with van der Waals surface area (Å²) in [6, 6.07) is 8.64. The number of hydrogen-bond donors (Lipinski definition) is 1. The summed E-state index contributed by atoms with van der Waals surface area (Å²) in [5.74, 6) is 0. The Morgan fingerprint density at radius 3 is 2.32 bits per heavy atom. The van der Waals surface area contributed by atoms with Crippen LogP contribution in [0.4, 0.5) is 4.79 Å². The molecule has 2 rings (SSSR count). The van der Waals surface area contributed by atoms with Gasteiger partial charge in [0.2, 0.25) is 0 Å². The van der Waals surface area contributed by atoms with Crippen LogP contribution in [0.25, 0.3) is 0 Å². The second-order valence-corrected chi connectivity index (χ2v) is 7.06. The number of amides is 1. The SMILES string of the molecule is CC(C)(C)NC(=O)OCCc1ccc(CN2CCCC2)cc1. The summed E-state index contributed by atoms with van der Waals surface area (Å²) in [6.45, 7) is 9.71. The normalized spacial score (nSPS) is 15.8. The van der Waals surface area contributed by atoms with E-state index in [4.69, 9.17) is 4.74 Å².